The molecule has 1 N–H and O–H groups in total. The van der Waals surface area contributed by atoms with E-state index in [-0.39, 0.29) is 17.3 Å². The summed E-state index contributed by atoms with van der Waals surface area (Å²) in [6.07, 6.45) is 0. The Labute approximate surface area is 156 Å². The second-order valence-corrected chi connectivity index (χ2v) is 8.37. The molecule has 1 fully saturated rings. The largest absolute Gasteiger partial charge is 0.379 e. The first-order valence-electron chi connectivity index (χ1n) is 8.92. The highest BCUT2D eigenvalue weighted by Crippen LogP contribution is 2.14. The molecular weight excluding hydrogens is 354 g/mol. The Kier molecular flexibility index (Phi) is 7.57. The number of amides is 1. The van der Waals surface area contributed by atoms with Crippen molar-refractivity contribution in [3.63, 3.8) is 0 Å². The summed E-state index contributed by atoms with van der Waals surface area (Å²) in [7, 11) is -3.57. The molecule has 8 heteroatoms. The van der Waals surface area contributed by atoms with E-state index in [1.165, 1.54) is 6.92 Å². The number of nitrogens with zero attached hydrogens (tertiary/aromatic N) is 2. The zero-order valence-corrected chi connectivity index (χ0v) is 16.6. The third-order valence-corrected chi connectivity index (χ3v) is 6.16. The van der Waals surface area contributed by atoms with E-state index in [0.29, 0.717) is 13.1 Å². The van der Waals surface area contributed by atoms with Crippen LogP contribution in [0.15, 0.2) is 23.1 Å². The van der Waals surface area contributed by atoms with Crippen molar-refractivity contribution in [3.8, 4) is 0 Å². The lowest BCUT2D eigenvalue weighted by Crippen LogP contribution is -2.44. The van der Waals surface area contributed by atoms with Crippen LogP contribution in [-0.2, 0) is 19.6 Å². The van der Waals surface area contributed by atoms with Crippen molar-refractivity contribution in [2.24, 2.45) is 0 Å². The van der Waals surface area contributed by atoms with Crippen LogP contribution in [0.5, 0.6) is 0 Å². The van der Waals surface area contributed by atoms with Crippen LogP contribution >= 0.6 is 0 Å². The van der Waals surface area contributed by atoms with E-state index >= 15 is 0 Å². The van der Waals surface area contributed by atoms with E-state index in [0.717, 1.165) is 44.0 Å². The fourth-order valence-corrected chi connectivity index (χ4v) is 3.90. The third kappa shape index (κ3) is 6.05. The fourth-order valence-electron chi connectivity index (χ4n) is 2.79. The van der Waals surface area contributed by atoms with E-state index in [1.54, 1.807) is 23.1 Å². The van der Waals surface area contributed by atoms with Crippen LogP contribution in [0.25, 0.3) is 0 Å². The number of nitrogens with one attached hydrogen (secondary N) is 1. The Hall–Kier alpha value is -1.48. The average molecular weight is 384 g/mol. The van der Waals surface area contributed by atoms with Gasteiger partial charge in [-0.05, 0) is 37.1 Å². The minimum absolute atomic E-state index is 0.0522. The van der Waals surface area contributed by atoms with E-state index < -0.39 is 10.0 Å². The van der Waals surface area contributed by atoms with Crippen LogP contribution < -0.4 is 4.72 Å². The van der Waals surface area contributed by atoms with Gasteiger partial charge in [0.1, 0.15) is 0 Å². The molecule has 1 aliphatic heterocycles. The molecule has 0 spiro atoms. The maximum atomic E-state index is 12.4. The molecule has 0 aliphatic carbocycles. The van der Waals surface area contributed by atoms with Gasteiger partial charge in [-0.3, -0.25) is 9.69 Å². The lowest BCUT2D eigenvalue weighted by Gasteiger charge is -2.29. The maximum absolute atomic E-state index is 12.4. The SMILES string of the molecule is CC(=O)N(CCNS(=O)(=O)c1ccc(C)c(C)c1)CCN1CCOCC1. The van der Waals surface area contributed by atoms with Crippen LogP contribution in [0.2, 0.25) is 0 Å². The standard InChI is InChI=1S/C18H29N3O4S/c1-15-4-5-18(14-16(15)2)26(23,24)19-6-7-21(17(3)22)9-8-20-10-12-25-13-11-20/h4-5,14,19H,6-13H2,1-3H3. The molecule has 0 bridgehead atoms. The summed E-state index contributed by atoms with van der Waals surface area (Å²) in [5.74, 6) is -0.0522. The van der Waals surface area contributed by atoms with Crippen LogP contribution in [-0.4, -0.2) is 76.6 Å². The van der Waals surface area contributed by atoms with Crippen molar-refractivity contribution in [1.82, 2.24) is 14.5 Å². The van der Waals surface area contributed by atoms with Gasteiger partial charge in [0, 0.05) is 46.2 Å². The number of morpholine rings is 1. The topological polar surface area (TPSA) is 79.0 Å². The molecule has 146 valence electrons. The number of aryl methyl sites for hydroxylation is 2. The number of sulfonamides is 1. The highest BCUT2D eigenvalue weighted by Gasteiger charge is 2.17. The number of carbonyl (C=O) groups excluding carboxylic acids is 1. The van der Waals surface area contributed by atoms with Gasteiger partial charge in [-0.2, -0.15) is 0 Å². The zero-order valence-electron chi connectivity index (χ0n) is 15.8. The van der Waals surface area contributed by atoms with Crippen molar-refractivity contribution < 1.29 is 17.9 Å². The molecule has 1 amide bonds. The normalized spacial score (nSPS) is 15.8. The predicted molar refractivity (Wildman–Crippen MR) is 101 cm³/mol. The fraction of sp³-hybridized carbons (Fsp3) is 0.611. The summed E-state index contributed by atoms with van der Waals surface area (Å²) in [6, 6.07) is 5.07. The summed E-state index contributed by atoms with van der Waals surface area (Å²) in [4.78, 5) is 16.0. The second-order valence-electron chi connectivity index (χ2n) is 6.60. The smallest absolute Gasteiger partial charge is 0.240 e. The van der Waals surface area contributed by atoms with Crippen molar-refractivity contribution in [1.29, 1.82) is 0 Å². The number of hydrogen-bond donors (Lipinski definition) is 1. The lowest BCUT2D eigenvalue weighted by atomic mass is 10.1. The molecule has 2 rings (SSSR count). The van der Waals surface area contributed by atoms with Crippen LogP contribution in [0.4, 0.5) is 0 Å². The van der Waals surface area contributed by atoms with E-state index in [1.807, 2.05) is 13.8 Å². The van der Waals surface area contributed by atoms with Crippen LogP contribution in [0.3, 0.4) is 0 Å². The first kappa shape index (κ1) is 20.8. The maximum Gasteiger partial charge on any atom is 0.240 e. The molecule has 0 atom stereocenters. The monoisotopic (exact) mass is 383 g/mol. The molecule has 0 radical (unpaired) electrons. The van der Waals surface area contributed by atoms with Crippen molar-refractivity contribution in [2.45, 2.75) is 25.7 Å². The quantitative estimate of drug-likeness (QED) is 0.717. The molecule has 0 saturated carbocycles. The minimum atomic E-state index is -3.57. The molecule has 7 nitrogen and oxygen atoms in total. The zero-order chi connectivity index (χ0) is 19.2. The first-order chi connectivity index (χ1) is 12.3. The Balaban J connectivity index is 1.85. The molecule has 0 unspecified atom stereocenters. The Morgan fingerprint density at radius 2 is 1.88 bits per heavy atom. The Morgan fingerprint density at radius 1 is 1.19 bits per heavy atom. The number of hydrogen-bond acceptors (Lipinski definition) is 5. The van der Waals surface area contributed by atoms with E-state index in [4.69, 9.17) is 4.74 Å². The minimum Gasteiger partial charge on any atom is -0.379 e. The summed E-state index contributed by atoms with van der Waals surface area (Å²) < 4.78 is 32.7. The second kappa shape index (κ2) is 9.45. The first-order valence-corrected chi connectivity index (χ1v) is 10.4. The lowest BCUT2D eigenvalue weighted by molar-refractivity contribution is -0.129. The highest BCUT2D eigenvalue weighted by atomic mass is 32.2. The van der Waals surface area contributed by atoms with Gasteiger partial charge in [0.25, 0.3) is 0 Å². The van der Waals surface area contributed by atoms with Crippen LogP contribution in [0, 0.1) is 13.8 Å². The van der Waals surface area contributed by atoms with Crippen molar-refractivity contribution >= 4 is 15.9 Å². The van der Waals surface area contributed by atoms with Crippen LogP contribution in [0.1, 0.15) is 18.1 Å². The van der Waals surface area contributed by atoms with Crippen molar-refractivity contribution in [2.75, 3.05) is 52.5 Å². The number of ether oxygens (including phenoxy) is 1. The van der Waals surface area contributed by atoms with Gasteiger partial charge in [0.05, 0.1) is 18.1 Å². The summed E-state index contributed by atoms with van der Waals surface area (Å²) in [6.45, 7) is 10.4. The molecule has 1 heterocycles. The third-order valence-electron chi connectivity index (χ3n) is 4.70. The number of rotatable bonds is 8. The summed E-state index contributed by atoms with van der Waals surface area (Å²) in [5.41, 5.74) is 1.98. The Bertz CT molecular complexity index is 715. The van der Waals surface area contributed by atoms with Gasteiger partial charge in [-0.25, -0.2) is 13.1 Å². The van der Waals surface area contributed by atoms with Gasteiger partial charge in [0.15, 0.2) is 0 Å². The van der Waals surface area contributed by atoms with Gasteiger partial charge < -0.3 is 9.64 Å². The van der Waals surface area contributed by atoms with E-state index in [2.05, 4.69) is 9.62 Å². The molecular formula is C18H29N3O4S. The van der Waals surface area contributed by atoms with Gasteiger partial charge in [0.2, 0.25) is 15.9 Å². The predicted octanol–water partition coefficient (Wildman–Crippen LogP) is 0.762. The highest BCUT2D eigenvalue weighted by molar-refractivity contribution is 7.89. The average Bonchev–Trinajstić information content (AvgIpc) is 2.60. The molecule has 1 aliphatic rings. The number of carbonyl (C=O) groups is 1. The van der Waals surface area contributed by atoms with Gasteiger partial charge in [-0.1, -0.05) is 6.07 Å². The van der Waals surface area contributed by atoms with Gasteiger partial charge in [-0.15, -0.1) is 0 Å². The van der Waals surface area contributed by atoms with Gasteiger partial charge >= 0.3 is 0 Å². The molecule has 26 heavy (non-hydrogen) atoms. The van der Waals surface area contributed by atoms with E-state index in [9.17, 15) is 13.2 Å². The van der Waals surface area contributed by atoms with Crippen molar-refractivity contribution in [3.05, 3.63) is 29.3 Å². The summed E-state index contributed by atoms with van der Waals surface area (Å²) >= 11 is 0. The molecule has 1 saturated heterocycles. The number of benzene rings is 1. The molecule has 0 aromatic heterocycles. The summed E-state index contributed by atoms with van der Waals surface area (Å²) in [5, 5.41) is 0. The Morgan fingerprint density at radius 3 is 2.50 bits per heavy atom. The molecule has 1 aromatic rings. The molecule has 1 aromatic carbocycles.